The summed E-state index contributed by atoms with van der Waals surface area (Å²) in [6.07, 6.45) is 0. The Labute approximate surface area is 160 Å². The highest BCUT2D eigenvalue weighted by Crippen LogP contribution is 2.43. The summed E-state index contributed by atoms with van der Waals surface area (Å²) in [6.45, 7) is 0.129. The highest BCUT2D eigenvalue weighted by atomic mass is 79.9. The Morgan fingerprint density at radius 3 is 2.16 bits per heavy atom. The Bertz CT molecular complexity index is 791. The molecule has 0 saturated heterocycles. The first-order chi connectivity index (χ1) is 11.8. The lowest BCUT2D eigenvalue weighted by atomic mass is 10.3. The zero-order valence-electron chi connectivity index (χ0n) is 13.7. The normalized spacial score (nSPS) is 10.5. The van der Waals surface area contributed by atoms with Crippen molar-refractivity contribution < 1.29 is 14.2 Å². The third-order valence-electron chi connectivity index (χ3n) is 3.18. The van der Waals surface area contributed by atoms with Crippen molar-refractivity contribution in [2.45, 2.75) is 6.54 Å². The fourth-order valence-corrected chi connectivity index (χ4v) is 2.97. The van der Waals surface area contributed by atoms with Gasteiger partial charge in [-0.05, 0) is 31.9 Å². The molecule has 2 heterocycles. The number of nitrogen functional groups attached to an aromatic ring is 2. The van der Waals surface area contributed by atoms with E-state index in [1.54, 1.807) is 0 Å². The highest BCUT2D eigenvalue weighted by Gasteiger charge is 2.23. The molecular weight excluding hydrogens is 462 g/mol. The zero-order valence-corrected chi connectivity index (χ0v) is 16.9. The van der Waals surface area contributed by atoms with E-state index < -0.39 is 0 Å². The summed E-state index contributed by atoms with van der Waals surface area (Å²) in [4.78, 5) is 12.4. The van der Waals surface area contributed by atoms with Crippen molar-refractivity contribution in [3.05, 3.63) is 14.8 Å². The maximum absolute atomic E-state index is 6.10. The van der Waals surface area contributed by atoms with E-state index in [0.29, 0.717) is 26.3 Å². The van der Waals surface area contributed by atoms with E-state index in [1.165, 1.54) is 26.3 Å². The molecule has 0 saturated carbocycles. The van der Waals surface area contributed by atoms with Crippen LogP contribution in [-0.2, 0) is 6.54 Å². The lowest BCUT2D eigenvalue weighted by Crippen LogP contribution is -2.33. The van der Waals surface area contributed by atoms with Gasteiger partial charge in [-0.15, -0.1) is 0 Å². The first-order valence-corrected chi connectivity index (χ1v) is 8.37. The van der Waals surface area contributed by atoms with Crippen LogP contribution in [0.25, 0.3) is 0 Å². The van der Waals surface area contributed by atoms with E-state index in [-0.39, 0.29) is 29.9 Å². The van der Waals surface area contributed by atoms with Gasteiger partial charge in [0.25, 0.3) is 5.88 Å². The molecule has 2 aromatic heterocycles. The van der Waals surface area contributed by atoms with Crippen molar-refractivity contribution >= 4 is 49.3 Å². The number of nitrogens with two attached hydrogens (primary N) is 3. The predicted octanol–water partition coefficient (Wildman–Crippen LogP) is 1.47. The Morgan fingerprint density at radius 1 is 0.960 bits per heavy atom. The third-order valence-corrected chi connectivity index (χ3v) is 4.60. The number of aromatic nitrogens is 3. The molecule has 0 aliphatic heterocycles. The van der Waals surface area contributed by atoms with E-state index >= 15 is 0 Å². The summed E-state index contributed by atoms with van der Waals surface area (Å²) >= 11 is 6.65. The fraction of sp³-hybridized carbons (Fsp3) is 0.308. The molecule has 0 bridgehead atoms. The maximum Gasteiger partial charge on any atom is 0.261 e. The van der Waals surface area contributed by atoms with Gasteiger partial charge in [0.15, 0.2) is 11.6 Å². The fourth-order valence-electron chi connectivity index (χ4n) is 2.06. The summed E-state index contributed by atoms with van der Waals surface area (Å²) < 4.78 is 16.8. The molecule has 25 heavy (non-hydrogen) atoms. The van der Waals surface area contributed by atoms with Crippen LogP contribution in [0.1, 0.15) is 5.69 Å². The average molecular weight is 479 g/mol. The lowest BCUT2D eigenvalue weighted by molar-refractivity contribution is 0.313. The monoisotopic (exact) mass is 477 g/mol. The van der Waals surface area contributed by atoms with Crippen LogP contribution >= 0.6 is 31.9 Å². The molecule has 6 N–H and O–H groups in total. The molecule has 0 aliphatic rings. The molecule has 0 aliphatic carbocycles. The summed E-state index contributed by atoms with van der Waals surface area (Å²) in [7, 11) is 4.47. The van der Waals surface area contributed by atoms with Crippen LogP contribution in [0.5, 0.6) is 17.4 Å². The van der Waals surface area contributed by atoms with Crippen molar-refractivity contribution in [3.8, 4) is 17.4 Å². The molecule has 0 spiro atoms. The lowest BCUT2D eigenvalue weighted by Gasteiger charge is -2.21. The van der Waals surface area contributed by atoms with Crippen molar-refractivity contribution in [3.63, 3.8) is 0 Å². The second-order valence-corrected chi connectivity index (χ2v) is 6.23. The molecule has 2 rings (SSSR count). The Kier molecular flexibility index (Phi) is 6.08. The van der Waals surface area contributed by atoms with Gasteiger partial charge < -0.3 is 25.7 Å². The molecule has 0 unspecified atom stereocenters. The number of pyridine rings is 1. The van der Waals surface area contributed by atoms with E-state index in [4.69, 9.17) is 31.5 Å². The first kappa shape index (κ1) is 19.3. The van der Waals surface area contributed by atoms with Gasteiger partial charge in [-0.2, -0.15) is 4.98 Å². The number of hydrogen-bond acceptors (Lipinski definition) is 10. The second kappa shape index (κ2) is 7.89. The van der Waals surface area contributed by atoms with Crippen LogP contribution in [0.15, 0.2) is 9.08 Å². The van der Waals surface area contributed by atoms with E-state index in [0.717, 1.165) is 0 Å². The smallest absolute Gasteiger partial charge is 0.261 e. The number of rotatable bonds is 6. The second-order valence-electron chi connectivity index (χ2n) is 4.69. The van der Waals surface area contributed by atoms with E-state index in [2.05, 4.69) is 46.8 Å². The molecule has 2 aromatic rings. The number of ether oxygens (including phenoxy) is 3. The van der Waals surface area contributed by atoms with Crippen molar-refractivity contribution in [2.75, 3.05) is 37.8 Å². The average Bonchev–Trinajstić information content (AvgIpc) is 2.58. The minimum absolute atomic E-state index is 0.0310. The SMILES string of the molecule is COc1nc(CN(N)c2nc(N)nc(Br)c2N)c(Br)c(OC)c1OC. The Morgan fingerprint density at radius 2 is 1.60 bits per heavy atom. The van der Waals surface area contributed by atoms with Gasteiger partial charge in [0.2, 0.25) is 11.7 Å². The van der Waals surface area contributed by atoms with Crippen molar-refractivity contribution in [1.29, 1.82) is 0 Å². The van der Waals surface area contributed by atoms with Crippen molar-refractivity contribution in [2.24, 2.45) is 5.84 Å². The van der Waals surface area contributed by atoms with Gasteiger partial charge in [0.1, 0.15) is 10.3 Å². The molecule has 136 valence electrons. The molecule has 0 aromatic carbocycles. The highest BCUT2D eigenvalue weighted by molar-refractivity contribution is 9.10. The molecular formula is C13H17Br2N7O3. The zero-order chi connectivity index (χ0) is 18.7. The molecule has 10 nitrogen and oxygen atoms in total. The summed E-state index contributed by atoms with van der Waals surface area (Å²) in [6, 6.07) is 0. The first-order valence-electron chi connectivity index (χ1n) is 6.79. The third kappa shape index (κ3) is 3.80. The molecule has 0 atom stereocenters. The Balaban J connectivity index is 2.47. The molecule has 0 fully saturated rings. The Hall–Kier alpha value is -2.05. The topological polar surface area (TPSA) is 148 Å². The van der Waals surface area contributed by atoms with Gasteiger partial charge in [0.05, 0.1) is 38.0 Å². The summed E-state index contributed by atoms with van der Waals surface area (Å²) in [5.74, 6) is 7.42. The number of hydrazine groups is 1. The van der Waals surface area contributed by atoms with Crippen LogP contribution in [0, 0.1) is 0 Å². The maximum atomic E-state index is 6.10. The molecule has 0 radical (unpaired) electrons. The van der Waals surface area contributed by atoms with Crippen LogP contribution in [0.2, 0.25) is 0 Å². The predicted molar refractivity (Wildman–Crippen MR) is 101 cm³/mol. The minimum Gasteiger partial charge on any atom is -0.492 e. The van der Waals surface area contributed by atoms with Gasteiger partial charge in [-0.25, -0.2) is 15.8 Å². The number of hydrogen-bond donors (Lipinski definition) is 3. The van der Waals surface area contributed by atoms with Crippen LogP contribution < -0.4 is 36.5 Å². The number of methoxy groups -OCH3 is 3. The van der Waals surface area contributed by atoms with Gasteiger partial charge in [-0.3, -0.25) is 5.01 Å². The number of halogens is 2. The van der Waals surface area contributed by atoms with Gasteiger partial charge in [0, 0.05) is 0 Å². The van der Waals surface area contributed by atoms with E-state index in [9.17, 15) is 0 Å². The summed E-state index contributed by atoms with van der Waals surface area (Å²) in [5, 5.41) is 1.29. The standard InChI is InChI=1S/C13H17Br2N7O3/c1-23-8-6(14)5(19-12(25-3)9(8)24-2)4-22(18)11-7(16)10(15)20-13(17)21-11/h4,16,18H2,1-3H3,(H2,17,20,21). The van der Waals surface area contributed by atoms with E-state index in [1.807, 2.05) is 0 Å². The van der Waals surface area contributed by atoms with Crippen molar-refractivity contribution in [1.82, 2.24) is 15.0 Å². The van der Waals surface area contributed by atoms with Crippen LogP contribution in [-0.4, -0.2) is 36.3 Å². The summed E-state index contributed by atoms with van der Waals surface area (Å²) in [5.41, 5.74) is 12.4. The largest absolute Gasteiger partial charge is 0.492 e. The number of anilines is 3. The quantitative estimate of drug-likeness (QED) is 0.316. The van der Waals surface area contributed by atoms with Crippen LogP contribution in [0.4, 0.5) is 17.5 Å². The molecule has 12 heteroatoms. The minimum atomic E-state index is 0.0310. The van der Waals surface area contributed by atoms with Gasteiger partial charge >= 0.3 is 0 Å². The number of nitrogens with zero attached hydrogens (tertiary/aromatic N) is 4. The molecule has 0 amide bonds. The van der Waals surface area contributed by atoms with Gasteiger partial charge in [-0.1, -0.05) is 0 Å². The van der Waals surface area contributed by atoms with Crippen LogP contribution in [0.3, 0.4) is 0 Å².